The van der Waals surface area contributed by atoms with Crippen molar-refractivity contribution >= 4 is 0 Å². The van der Waals surface area contributed by atoms with Gasteiger partial charge in [0.1, 0.15) is 0 Å². The Morgan fingerprint density at radius 3 is 1.48 bits per heavy atom. The van der Waals surface area contributed by atoms with Crippen molar-refractivity contribution < 1.29 is 10.2 Å². The summed E-state index contributed by atoms with van der Waals surface area (Å²) in [4.78, 5) is 0. The van der Waals surface area contributed by atoms with Crippen LogP contribution < -0.4 is 5.73 Å². The molecule has 0 radical (unpaired) electrons. The zero-order valence-electron chi connectivity index (χ0n) is 14.2. The van der Waals surface area contributed by atoms with Crippen molar-refractivity contribution in [1.82, 2.24) is 0 Å². The summed E-state index contributed by atoms with van der Waals surface area (Å²) < 4.78 is 0. The maximum Gasteiger partial charge on any atom is 0.0713 e. The molecule has 0 spiro atoms. The Hall–Kier alpha value is -0.120. The molecule has 0 aliphatic heterocycles. The summed E-state index contributed by atoms with van der Waals surface area (Å²) in [5, 5.41) is 18.4. The summed E-state index contributed by atoms with van der Waals surface area (Å²) in [6.07, 6.45) is 17.5. The summed E-state index contributed by atoms with van der Waals surface area (Å²) >= 11 is 0. The number of nitrogens with two attached hydrogens (primary N) is 1. The number of hydrogen-bond acceptors (Lipinski definition) is 3. The van der Waals surface area contributed by atoms with E-state index in [1.165, 1.54) is 77.0 Å². The van der Waals surface area contributed by atoms with Crippen molar-refractivity contribution in [2.24, 2.45) is 5.73 Å². The highest BCUT2D eigenvalue weighted by molar-refractivity contribution is 4.70. The van der Waals surface area contributed by atoms with Gasteiger partial charge in [-0.2, -0.15) is 0 Å². The largest absolute Gasteiger partial charge is 0.395 e. The molecule has 0 aliphatic carbocycles. The number of rotatable bonds is 16. The van der Waals surface area contributed by atoms with Crippen molar-refractivity contribution in [2.45, 2.75) is 109 Å². The molecule has 4 N–H and O–H groups in total. The second-order valence-corrected chi connectivity index (χ2v) is 6.45. The molecular weight excluding hydrogens is 262 g/mol. The van der Waals surface area contributed by atoms with Crippen molar-refractivity contribution in [3.63, 3.8) is 0 Å². The van der Waals surface area contributed by atoms with Crippen LogP contribution in [-0.2, 0) is 0 Å². The second-order valence-electron chi connectivity index (χ2n) is 6.45. The van der Waals surface area contributed by atoms with E-state index in [1.54, 1.807) is 0 Å². The lowest BCUT2D eigenvalue weighted by molar-refractivity contribution is 0.0990. The lowest BCUT2D eigenvalue weighted by atomic mass is 10.0. The molecule has 0 saturated carbocycles. The predicted octanol–water partition coefficient (Wildman–Crippen LogP) is 4.15. The van der Waals surface area contributed by atoms with E-state index in [9.17, 15) is 5.11 Å². The van der Waals surface area contributed by atoms with E-state index < -0.39 is 12.1 Å². The summed E-state index contributed by atoms with van der Waals surface area (Å²) in [5.41, 5.74) is 5.56. The standard InChI is InChI=1S/C18H39NO2/c1-2-3-4-5-6-7-8-9-10-11-12-13-14-15-18(21)17(19)16-20/h17-18,20-21H,2-16,19H2,1H3/t17-,18-/m1/s1. The van der Waals surface area contributed by atoms with Crippen LogP contribution in [0.3, 0.4) is 0 Å². The molecule has 3 heteroatoms. The monoisotopic (exact) mass is 301 g/mol. The third-order valence-electron chi connectivity index (χ3n) is 4.31. The Balaban J connectivity index is 3.09. The van der Waals surface area contributed by atoms with Crippen LogP contribution in [0, 0.1) is 0 Å². The molecule has 0 unspecified atom stereocenters. The van der Waals surface area contributed by atoms with E-state index in [1.807, 2.05) is 0 Å². The smallest absolute Gasteiger partial charge is 0.0713 e. The summed E-state index contributed by atoms with van der Waals surface area (Å²) in [5.74, 6) is 0. The van der Waals surface area contributed by atoms with Gasteiger partial charge in [0, 0.05) is 0 Å². The minimum Gasteiger partial charge on any atom is -0.395 e. The van der Waals surface area contributed by atoms with Gasteiger partial charge in [0.2, 0.25) is 0 Å². The molecule has 3 nitrogen and oxygen atoms in total. The first-order valence-electron chi connectivity index (χ1n) is 9.26. The van der Waals surface area contributed by atoms with Gasteiger partial charge in [-0.05, 0) is 6.42 Å². The maximum absolute atomic E-state index is 9.61. The maximum atomic E-state index is 9.61. The Morgan fingerprint density at radius 2 is 1.10 bits per heavy atom. The second kappa shape index (κ2) is 16.3. The highest BCUT2D eigenvalue weighted by Crippen LogP contribution is 2.13. The van der Waals surface area contributed by atoms with Crippen molar-refractivity contribution in [1.29, 1.82) is 0 Å². The first-order valence-corrected chi connectivity index (χ1v) is 9.26. The topological polar surface area (TPSA) is 66.5 Å². The molecule has 128 valence electrons. The van der Waals surface area contributed by atoms with E-state index in [0.717, 1.165) is 12.8 Å². The Bertz CT molecular complexity index is 200. The minimum atomic E-state index is -0.539. The van der Waals surface area contributed by atoms with E-state index in [-0.39, 0.29) is 6.61 Å². The van der Waals surface area contributed by atoms with E-state index in [0.29, 0.717) is 0 Å². The van der Waals surface area contributed by atoms with E-state index in [4.69, 9.17) is 10.8 Å². The van der Waals surface area contributed by atoms with Crippen molar-refractivity contribution in [3.8, 4) is 0 Å². The Morgan fingerprint density at radius 1 is 0.714 bits per heavy atom. The van der Waals surface area contributed by atoms with Crippen LogP contribution in [-0.4, -0.2) is 29.0 Å². The van der Waals surface area contributed by atoms with Crippen LogP contribution in [0.4, 0.5) is 0 Å². The average molecular weight is 302 g/mol. The van der Waals surface area contributed by atoms with Gasteiger partial charge in [-0.3, -0.25) is 0 Å². The molecule has 21 heavy (non-hydrogen) atoms. The van der Waals surface area contributed by atoms with Crippen LogP contribution in [0.15, 0.2) is 0 Å². The Kier molecular flexibility index (Phi) is 16.2. The zero-order valence-corrected chi connectivity index (χ0v) is 14.2. The summed E-state index contributed by atoms with van der Waals surface area (Å²) in [6, 6.07) is -0.470. The fraction of sp³-hybridized carbons (Fsp3) is 1.00. The number of aliphatic hydroxyl groups excluding tert-OH is 2. The molecule has 0 rings (SSSR count). The van der Waals surface area contributed by atoms with E-state index >= 15 is 0 Å². The molecule has 2 atom stereocenters. The molecule has 0 fully saturated rings. The Labute approximate surface area is 132 Å². The molecular formula is C18H39NO2. The SMILES string of the molecule is CCCCCCCCCCCCCCC[C@@H](O)[C@H](N)CO. The van der Waals surface area contributed by atoms with Crippen LogP contribution in [0.5, 0.6) is 0 Å². The van der Waals surface area contributed by atoms with Gasteiger partial charge in [-0.25, -0.2) is 0 Å². The van der Waals surface area contributed by atoms with Crippen LogP contribution in [0.2, 0.25) is 0 Å². The fourth-order valence-electron chi connectivity index (χ4n) is 2.71. The normalized spacial score (nSPS) is 14.3. The quantitative estimate of drug-likeness (QED) is 0.375. The average Bonchev–Trinajstić information content (AvgIpc) is 2.50. The van der Waals surface area contributed by atoms with Crippen molar-refractivity contribution in [3.05, 3.63) is 0 Å². The molecule has 0 saturated heterocycles. The first kappa shape index (κ1) is 20.9. The third kappa shape index (κ3) is 14.6. The fourth-order valence-corrected chi connectivity index (χ4v) is 2.71. The highest BCUT2D eigenvalue weighted by Gasteiger charge is 2.12. The molecule has 0 aromatic rings. The van der Waals surface area contributed by atoms with Crippen molar-refractivity contribution in [2.75, 3.05) is 6.61 Å². The zero-order chi connectivity index (χ0) is 15.8. The molecule has 0 bridgehead atoms. The molecule has 0 aliphatic rings. The lowest BCUT2D eigenvalue weighted by Gasteiger charge is -2.15. The molecule has 0 amide bonds. The van der Waals surface area contributed by atoms with Gasteiger partial charge in [0.05, 0.1) is 18.8 Å². The van der Waals surface area contributed by atoms with Gasteiger partial charge in [0.25, 0.3) is 0 Å². The van der Waals surface area contributed by atoms with E-state index in [2.05, 4.69) is 6.92 Å². The number of hydrogen-bond donors (Lipinski definition) is 3. The highest BCUT2D eigenvalue weighted by atomic mass is 16.3. The molecule has 0 aromatic carbocycles. The molecule has 0 heterocycles. The first-order chi connectivity index (χ1) is 10.2. The van der Waals surface area contributed by atoms with Gasteiger partial charge in [-0.15, -0.1) is 0 Å². The summed E-state index contributed by atoms with van der Waals surface area (Å²) in [6.45, 7) is 2.14. The van der Waals surface area contributed by atoms with Gasteiger partial charge >= 0.3 is 0 Å². The van der Waals surface area contributed by atoms with Crippen LogP contribution in [0.25, 0.3) is 0 Å². The van der Waals surface area contributed by atoms with Gasteiger partial charge in [-0.1, -0.05) is 90.4 Å². The third-order valence-corrected chi connectivity index (χ3v) is 4.31. The minimum absolute atomic E-state index is 0.125. The van der Waals surface area contributed by atoms with Crippen LogP contribution >= 0.6 is 0 Å². The summed E-state index contributed by atoms with van der Waals surface area (Å²) in [7, 11) is 0. The number of unbranched alkanes of at least 4 members (excludes halogenated alkanes) is 12. The molecule has 0 aromatic heterocycles. The predicted molar refractivity (Wildman–Crippen MR) is 91.4 cm³/mol. The van der Waals surface area contributed by atoms with Gasteiger partial charge in [0.15, 0.2) is 0 Å². The van der Waals surface area contributed by atoms with Gasteiger partial charge < -0.3 is 15.9 Å². The van der Waals surface area contributed by atoms with Crippen LogP contribution in [0.1, 0.15) is 96.8 Å². The number of aliphatic hydroxyl groups is 2. The lowest BCUT2D eigenvalue weighted by Crippen LogP contribution is -2.37.